The van der Waals surface area contributed by atoms with Crippen LogP contribution < -0.4 is 10.1 Å². The van der Waals surface area contributed by atoms with Crippen molar-refractivity contribution < 1.29 is 14.2 Å². The Kier molecular flexibility index (Phi) is 4.66. The molecule has 1 aromatic carbocycles. The van der Waals surface area contributed by atoms with Crippen molar-refractivity contribution in [1.82, 2.24) is 5.32 Å². The summed E-state index contributed by atoms with van der Waals surface area (Å²) in [6, 6.07) is 5.02. The molecule has 0 radical (unpaired) electrons. The van der Waals surface area contributed by atoms with E-state index >= 15 is 0 Å². The van der Waals surface area contributed by atoms with E-state index in [4.69, 9.17) is 4.74 Å². The van der Waals surface area contributed by atoms with Crippen LogP contribution in [0.2, 0.25) is 0 Å². The Balaban J connectivity index is 2.06. The second kappa shape index (κ2) is 6.10. The summed E-state index contributed by atoms with van der Waals surface area (Å²) in [7, 11) is 0. The van der Waals surface area contributed by atoms with Crippen LogP contribution in [0.1, 0.15) is 32.3 Å². The number of ether oxygens (including phenoxy) is 1. The Morgan fingerprint density at radius 1 is 1.45 bits per heavy atom. The summed E-state index contributed by atoms with van der Waals surface area (Å²) in [6.45, 7) is 6.30. The minimum absolute atomic E-state index is 0.0516. The maximum Gasteiger partial charge on any atom is 0.126 e. The number of aliphatic hydroxyl groups is 1. The molecule has 1 fully saturated rings. The van der Waals surface area contributed by atoms with Crippen molar-refractivity contribution in [2.24, 2.45) is 5.92 Å². The zero-order valence-corrected chi connectivity index (χ0v) is 12.4. The van der Waals surface area contributed by atoms with Crippen molar-refractivity contribution in [3.63, 3.8) is 0 Å². The van der Waals surface area contributed by atoms with Crippen LogP contribution >= 0.6 is 0 Å². The number of hydrogen-bond acceptors (Lipinski definition) is 3. The van der Waals surface area contributed by atoms with Gasteiger partial charge in [-0.15, -0.1) is 0 Å². The fraction of sp³-hybridized carbons (Fsp3) is 0.625. The largest absolute Gasteiger partial charge is 0.492 e. The first-order chi connectivity index (χ1) is 9.47. The lowest BCUT2D eigenvalue weighted by Crippen LogP contribution is -2.57. The molecular weight excluding hydrogens is 257 g/mol. The van der Waals surface area contributed by atoms with Crippen LogP contribution in [0, 0.1) is 18.7 Å². The molecular formula is C16H24FNO2. The molecule has 1 aliphatic rings. The van der Waals surface area contributed by atoms with E-state index in [2.05, 4.69) is 19.2 Å². The number of nitrogens with one attached hydrogen (secondary N) is 1. The first-order valence-corrected chi connectivity index (χ1v) is 7.24. The molecule has 112 valence electrons. The second-order valence-electron chi connectivity index (χ2n) is 6.09. The van der Waals surface area contributed by atoms with Gasteiger partial charge in [-0.05, 0) is 49.4 Å². The van der Waals surface area contributed by atoms with Gasteiger partial charge in [-0.1, -0.05) is 13.8 Å². The van der Waals surface area contributed by atoms with Gasteiger partial charge in [0, 0.05) is 6.04 Å². The van der Waals surface area contributed by atoms with Gasteiger partial charge in [-0.3, -0.25) is 0 Å². The Bertz CT molecular complexity index is 460. The number of aryl methyl sites for hydroxylation is 1. The van der Waals surface area contributed by atoms with Crippen molar-refractivity contribution in [3.05, 3.63) is 29.6 Å². The van der Waals surface area contributed by atoms with Gasteiger partial charge in [-0.2, -0.15) is 0 Å². The highest BCUT2D eigenvalue weighted by Crippen LogP contribution is 2.40. The van der Waals surface area contributed by atoms with Crippen molar-refractivity contribution in [1.29, 1.82) is 0 Å². The highest BCUT2D eigenvalue weighted by atomic mass is 19.1. The molecule has 0 spiro atoms. The summed E-state index contributed by atoms with van der Waals surface area (Å²) < 4.78 is 19.1. The van der Waals surface area contributed by atoms with Crippen LogP contribution in [0.4, 0.5) is 4.39 Å². The Morgan fingerprint density at radius 2 is 2.15 bits per heavy atom. The third-order valence-electron chi connectivity index (χ3n) is 3.84. The molecule has 2 rings (SSSR count). The number of rotatable bonds is 7. The summed E-state index contributed by atoms with van der Waals surface area (Å²) in [5.74, 6) is 0.873. The molecule has 3 nitrogen and oxygen atoms in total. The zero-order chi connectivity index (χ0) is 14.8. The van der Waals surface area contributed by atoms with E-state index in [9.17, 15) is 9.50 Å². The van der Waals surface area contributed by atoms with Gasteiger partial charge in [0.15, 0.2) is 0 Å². The van der Waals surface area contributed by atoms with Crippen molar-refractivity contribution in [2.75, 3.05) is 13.2 Å². The molecule has 0 aliphatic heterocycles. The molecule has 20 heavy (non-hydrogen) atoms. The molecule has 1 atom stereocenters. The molecule has 1 unspecified atom stereocenters. The van der Waals surface area contributed by atoms with Crippen LogP contribution in [-0.4, -0.2) is 29.9 Å². The maximum atomic E-state index is 13.2. The molecule has 0 amide bonds. The van der Waals surface area contributed by atoms with Crippen molar-refractivity contribution in [2.45, 2.75) is 45.2 Å². The zero-order valence-electron chi connectivity index (χ0n) is 12.4. The Hall–Kier alpha value is -1.13. The molecule has 4 heteroatoms. The highest BCUT2D eigenvalue weighted by Gasteiger charge is 2.45. The van der Waals surface area contributed by atoms with E-state index in [0.717, 1.165) is 12.8 Å². The number of aliphatic hydroxyl groups excluding tert-OH is 1. The van der Waals surface area contributed by atoms with Gasteiger partial charge in [0.25, 0.3) is 0 Å². The summed E-state index contributed by atoms with van der Waals surface area (Å²) in [5.41, 5.74) is 0.177. The molecule has 0 aromatic heterocycles. The smallest absolute Gasteiger partial charge is 0.126 e. The molecule has 0 bridgehead atoms. The van der Waals surface area contributed by atoms with Gasteiger partial charge < -0.3 is 15.2 Å². The standard InChI is InChI=1S/C16H24FNO2/c1-11(2)18-16(9-19,13-4-5-13)10-20-14-6-7-15(17)12(3)8-14/h6-8,11,13,18-19H,4-5,9-10H2,1-3H3. The monoisotopic (exact) mass is 281 g/mol. The van der Waals surface area contributed by atoms with E-state index < -0.39 is 5.54 Å². The molecule has 0 heterocycles. The lowest BCUT2D eigenvalue weighted by Gasteiger charge is -2.35. The second-order valence-corrected chi connectivity index (χ2v) is 6.09. The minimum Gasteiger partial charge on any atom is -0.492 e. The number of benzene rings is 1. The van der Waals surface area contributed by atoms with Crippen LogP contribution in [0.25, 0.3) is 0 Å². The van der Waals surface area contributed by atoms with Gasteiger partial charge in [0.2, 0.25) is 0 Å². The maximum absolute atomic E-state index is 13.2. The van der Waals surface area contributed by atoms with Crippen molar-refractivity contribution in [3.8, 4) is 5.75 Å². The van der Waals surface area contributed by atoms with E-state index in [1.807, 2.05) is 0 Å². The summed E-state index contributed by atoms with van der Waals surface area (Å²) in [5, 5.41) is 13.3. The first-order valence-electron chi connectivity index (χ1n) is 7.24. The van der Waals surface area contributed by atoms with Crippen LogP contribution in [0.5, 0.6) is 5.75 Å². The Morgan fingerprint density at radius 3 is 2.65 bits per heavy atom. The molecule has 0 saturated heterocycles. The molecule has 2 N–H and O–H groups in total. The third kappa shape index (κ3) is 3.49. The van der Waals surface area contributed by atoms with Gasteiger partial charge in [0.05, 0.1) is 12.1 Å². The fourth-order valence-corrected chi connectivity index (χ4v) is 2.63. The average Bonchev–Trinajstić information content (AvgIpc) is 3.23. The SMILES string of the molecule is Cc1cc(OCC(CO)(NC(C)C)C2CC2)ccc1F. The Labute approximate surface area is 120 Å². The fourth-order valence-electron chi connectivity index (χ4n) is 2.63. The summed E-state index contributed by atoms with van der Waals surface area (Å²) in [6.07, 6.45) is 2.23. The predicted octanol–water partition coefficient (Wildman–Crippen LogP) is 2.65. The van der Waals surface area contributed by atoms with Gasteiger partial charge >= 0.3 is 0 Å². The van der Waals surface area contributed by atoms with Crippen LogP contribution in [0.15, 0.2) is 18.2 Å². The van der Waals surface area contributed by atoms with E-state index in [1.54, 1.807) is 19.1 Å². The normalized spacial score (nSPS) is 18.1. The van der Waals surface area contributed by atoms with Gasteiger partial charge in [0.1, 0.15) is 18.2 Å². The summed E-state index contributed by atoms with van der Waals surface area (Å²) in [4.78, 5) is 0. The lowest BCUT2D eigenvalue weighted by atomic mass is 9.94. The van der Waals surface area contributed by atoms with Gasteiger partial charge in [-0.25, -0.2) is 4.39 Å². The molecule has 1 aliphatic carbocycles. The van der Waals surface area contributed by atoms with E-state index in [1.165, 1.54) is 6.07 Å². The van der Waals surface area contributed by atoms with Crippen LogP contribution in [-0.2, 0) is 0 Å². The lowest BCUT2D eigenvalue weighted by molar-refractivity contribution is 0.0778. The topological polar surface area (TPSA) is 41.5 Å². The molecule has 1 aromatic rings. The summed E-state index contributed by atoms with van der Waals surface area (Å²) >= 11 is 0. The minimum atomic E-state index is -0.392. The highest BCUT2D eigenvalue weighted by molar-refractivity contribution is 5.29. The van der Waals surface area contributed by atoms with Crippen molar-refractivity contribution >= 4 is 0 Å². The third-order valence-corrected chi connectivity index (χ3v) is 3.84. The quantitative estimate of drug-likeness (QED) is 0.807. The predicted molar refractivity (Wildman–Crippen MR) is 77.4 cm³/mol. The van der Waals surface area contributed by atoms with E-state index in [-0.39, 0.29) is 18.5 Å². The number of halogens is 1. The average molecular weight is 281 g/mol. The first kappa shape index (κ1) is 15.3. The molecule has 1 saturated carbocycles. The number of hydrogen-bond donors (Lipinski definition) is 2. The van der Waals surface area contributed by atoms with Crippen LogP contribution in [0.3, 0.4) is 0 Å². The van der Waals surface area contributed by atoms with E-state index in [0.29, 0.717) is 23.8 Å².